The fourth-order valence-corrected chi connectivity index (χ4v) is 3.29. The minimum Gasteiger partial charge on any atom is -0.279 e. The van der Waals surface area contributed by atoms with Gasteiger partial charge in [-0.2, -0.15) is 0 Å². The zero-order chi connectivity index (χ0) is 14.0. The molecule has 2 aromatic rings. The number of benzene rings is 1. The summed E-state index contributed by atoms with van der Waals surface area (Å²) in [6.07, 6.45) is 3.14. The van der Waals surface area contributed by atoms with E-state index in [9.17, 15) is 8.42 Å². The van der Waals surface area contributed by atoms with Gasteiger partial charge in [-0.25, -0.2) is 8.42 Å². The Labute approximate surface area is 117 Å². The minimum absolute atomic E-state index is 0.216. The lowest BCUT2D eigenvalue weighted by atomic mass is 10.2. The Kier molecular flexibility index (Phi) is 3.78. The van der Waals surface area contributed by atoms with E-state index in [0.29, 0.717) is 16.3 Å². The molecule has 0 bridgehead atoms. The second-order valence-electron chi connectivity index (χ2n) is 4.21. The number of hydrogen-bond acceptors (Lipinski definition) is 3. The fraction of sp³-hybridized carbons (Fsp3) is 0.154. The van der Waals surface area contributed by atoms with Crippen molar-refractivity contribution in [3.8, 4) is 0 Å². The maximum absolute atomic E-state index is 12.3. The third kappa shape index (κ3) is 3.05. The molecule has 0 aliphatic rings. The van der Waals surface area contributed by atoms with E-state index in [-0.39, 0.29) is 4.90 Å². The molecule has 0 amide bonds. The normalized spacial score (nSPS) is 11.3. The Balaban J connectivity index is 2.41. The van der Waals surface area contributed by atoms with Gasteiger partial charge in [-0.05, 0) is 49.2 Å². The predicted molar refractivity (Wildman–Crippen MR) is 76.0 cm³/mol. The van der Waals surface area contributed by atoms with E-state index in [4.69, 9.17) is 11.6 Å². The molecule has 2 rings (SSSR count). The molecule has 100 valence electrons. The molecule has 0 saturated heterocycles. The van der Waals surface area contributed by atoms with Gasteiger partial charge in [-0.3, -0.25) is 9.71 Å². The predicted octanol–water partition coefficient (Wildman–Crippen LogP) is 3.15. The van der Waals surface area contributed by atoms with Gasteiger partial charge in [0.05, 0.1) is 10.6 Å². The first kappa shape index (κ1) is 13.8. The van der Waals surface area contributed by atoms with Crippen LogP contribution >= 0.6 is 11.6 Å². The second-order valence-corrected chi connectivity index (χ2v) is 6.29. The Morgan fingerprint density at radius 3 is 2.53 bits per heavy atom. The van der Waals surface area contributed by atoms with Crippen molar-refractivity contribution in [1.29, 1.82) is 0 Å². The number of halogens is 1. The van der Waals surface area contributed by atoms with Crippen molar-refractivity contribution in [3.05, 3.63) is 52.8 Å². The average molecular weight is 297 g/mol. The zero-order valence-corrected chi connectivity index (χ0v) is 12.1. The molecule has 1 aromatic carbocycles. The van der Waals surface area contributed by atoms with Crippen LogP contribution in [0, 0.1) is 13.8 Å². The van der Waals surface area contributed by atoms with Crippen LogP contribution in [0.4, 0.5) is 5.69 Å². The van der Waals surface area contributed by atoms with Crippen LogP contribution in [0.5, 0.6) is 0 Å². The smallest absolute Gasteiger partial charge is 0.262 e. The summed E-state index contributed by atoms with van der Waals surface area (Å²) in [5.74, 6) is 0. The average Bonchev–Trinajstić information content (AvgIpc) is 2.31. The Morgan fingerprint density at radius 1 is 1.16 bits per heavy atom. The number of rotatable bonds is 3. The van der Waals surface area contributed by atoms with Crippen molar-refractivity contribution in [2.75, 3.05) is 4.72 Å². The number of aryl methyl sites for hydroxylation is 2. The van der Waals surface area contributed by atoms with Crippen molar-refractivity contribution in [2.45, 2.75) is 18.7 Å². The topological polar surface area (TPSA) is 59.1 Å². The molecule has 1 N–H and O–H groups in total. The quantitative estimate of drug-likeness (QED) is 0.946. The highest BCUT2D eigenvalue weighted by Crippen LogP contribution is 2.23. The van der Waals surface area contributed by atoms with E-state index in [2.05, 4.69) is 9.71 Å². The van der Waals surface area contributed by atoms with Crippen LogP contribution in [-0.2, 0) is 10.0 Å². The van der Waals surface area contributed by atoms with Gasteiger partial charge < -0.3 is 0 Å². The molecule has 19 heavy (non-hydrogen) atoms. The Bertz CT molecular complexity index is 714. The zero-order valence-electron chi connectivity index (χ0n) is 10.5. The van der Waals surface area contributed by atoms with Gasteiger partial charge in [0.15, 0.2) is 0 Å². The highest BCUT2D eigenvalue weighted by molar-refractivity contribution is 7.92. The first-order valence-electron chi connectivity index (χ1n) is 5.60. The largest absolute Gasteiger partial charge is 0.279 e. The van der Waals surface area contributed by atoms with Crippen LogP contribution in [0.2, 0.25) is 5.02 Å². The van der Waals surface area contributed by atoms with E-state index in [1.807, 2.05) is 0 Å². The molecule has 1 heterocycles. The van der Waals surface area contributed by atoms with Gasteiger partial charge in [-0.15, -0.1) is 0 Å². The summed E-state index contributed by atoms with van der Waals surface area (Å²) in [6.45, 7) is 3.50. The van der Waals surface area contributed by atoms with E-state index in [0.717, 1.165) is 5.56 Å². The standard InChI is InChI=1S/C13H13ClN2O2S/c1-9-7-11(14)3-4-13(9)19(17,18)16-12-5-6-15-8-10(12)2/h3-8H,1-2H3,(H,15,16). The minimum atomic E-state index is -3.62. The number of hydrogen-bond donors (Lipinski definition) is 1. The summed E-state index contributed by atoms with van der Waals surface area (Å²) < 4.78 is 27.2. The molecule has 0 saturated carbocycles. The maximum Gasteiger partial charge on any atom is 0.262 e. The van der Waals surface area contributed by atoms with Crippen molar-refractivity contribution in [2.24, 2.45) is 0 Å². The SMILES string of the molecule is Cc1cnccc1NS(=O)(=O)c1ccc(Cl)cc1C. The van der Waals surface area contributed by atoms with Crippen molar-refractivity contribution >= 4 is 27.3 Å². The van der Waals surface area contributed by atoms with Gasteiger partial charge in [0, 0.05) is 17.4 Å². The molecule has 0 spiro atoms. The van der Waals surface area contributed by atoms with Crippen LogP contribution in [0.1, 0.15) is 11.1 Å². The number of nitrogens with one attached hydrogen (secondary N) is 1. The summed E-state index contributed by atoms with van der Waals surface area (Å²) in [5.41, 5.74) is 1.88. The number of sulfonamides is 1. The van der Waals surface area contributed by atoms with E-state index >= 15 is 0 Å². The highest BCUT2D eigenvalue weighted by atomic mass is 35.5. The molecule has 0 aliphatic carbocycles. The maximum atomic E-state index is 12.3. The van der Waals surface area contributed by atoms with Crippen LogP contribution in [0.25, 0.3) is 0 Å². The number of aromatic nitrogens is 1. The monoisotopic (exact) mass is 296 g/mol. The third-order valence-corrected chi connectivity index (χ3v) is 4.45. The first-order valence-corrected chi connectivity index (χ1v) is 7.46. The summed E-state index contributed by atoms with van der Waals surface area (Å²) in [6, 6.07) is 6.30. The molecule has 4 nitrogen and oxygen atoms in total. The summed E-state index contributed by atoms with van der Waals surface area (Å²) >= 11 is 5.83. The van der Waals surface area contributed by atoms with Gasteiger partial charge in [-0.1, -0.05) is 11.6 Å². The number of anilines is 1. The lowest BCUT2D eigenvalue weighted by molar-refractivity contribution is 0.600. The van der Waals surface area contributed by atoms with E-state index in [1.165, 1.54) is 6.07 Å². The lowest BCUT2D eigenvalue weighted by Crippen LogP contribution is -2.15. The molecule has 0 fully saturated rings. The van der Waals surface area contributed by atoms with Crippen LogP contribution in [-0.4, -0.2) is 13.4 Å². The molecule has 1 aromatic heterocycles. The van der Waals surface area contributed by atoms with Gasteiger partial charge in [0.2, 0.25) is 0 Å². The molecule has 6 heteroatoms. The summed E-state index contributed by atoms with van der Waals surface area (Å²) in [5, 5.41) is 0.511. The molecule has 0 atom stereocenters. The van der Waals surface area contributed by atoms with E-state index in [1.54, 1.807) is 44.4 Å². The molecule has 0 radical (unpaired) electrons. The Morgan fingerprint density at radius 2 is 1.89 bits per heavy atom. The van der Waals surface area contributed by atoms with Crippen molar-refractivity contribution in [1.82, 2.24) is 4.98 Å². The Hall–Kier alpha value is -1.59. The molecule has 0 aliphatic heterocycles. The number of nitrogens with zero attached hydrogens (tertiary/aromatic N) is 1. The number of pyridine rings is 1. The van der Waals surface area contributed by atoms with Gasteiger partial charge in [0.1, 0.15) is 0 Å². The second kappa shape index (κ2) is 5.19. The summed E-state index contributed by atoms with van der Waals surface area (Å²) in [7, 11) is -3.62. The molecular formula is C13H13ClN2O2S. The lowest BCUT2D eigenvalue weighted by Gasteiger charge is -2.12. The van der Waals surface area contributed by atoms with Crippen LogP contribution in [0.15, 0.2) is 41.6 Å². The van der Waals surface area contributed by atoms with E-state index < -0.39 is 10.0 Å². The van der Waals surface area contributed by atoms with Gasteiger partial charge in [0.25, 0.3) is 10.0 Å². The third-order valence-electron chi connectivity index (χ3n) is 2.69. The van der Waals surface area contributed by atoms with Gasteiger partial charge >= 0.3 is 0 Å². The molecule has 0 unspecified atom stereocenters. The molecular weight excluding hydrogens is 284 g/mol. The van der Waals surface area contributed by atoms with Crippen LogP contribution in [0.3, 0.4) is 0 Å². The van der Waals surface area contributed by atoms with Crippen molar-refractivity contribution < 1.29 is 8.42 Å². The highest BCUT2D eigenvalue weighted by Gasteiger charge is 2.17. The van der Waals surface area contributed by atoms with Crippen LogP contribution < -0.4 is 4.72 Å². The first-order chi connectivity index (χ1) is 8.90. The summed E-state index contributed by atoms with van der Waals surface area (Å²) in [4.78, 5) is 4.14. The fourth-order valence-electron chi connectivity index (χ4n) is 1.70. The van der Waals surface area contributed by atoms with Crippen molar-refractivity contribution in [3.63, 3.8) is 0 Å².